The van der Waals surface area contributed by atoms with Crippen LogP contribution in [-0.4, -0.2) is 24.1 Å². The van der Waals surface area contributed by atoms with Crippen molar-refractivity contribution in [2.24, 2.45) is 0 Å². The summed E-state index contributed by atoms with van der Waals surface area (Å²) in [4.78, 5) is 16.0. The molecule has 4 heterocycles. The third kappa shape index (κ3) is 11.2. The van der Waals surface area contributed by atoms with Crippen molar-refractivity contribution >= 4 is 65.2 Å². The number of benzene rings is 20. The zero-order valence-corrected chi connectivity index (χ0v) is 71.8. The Kier molecular flexibility index (Phi) is 16.8. The Morgan fingerprint density at radius 3 is 0.848 bits per heavy atom. The third-order valence-electron chi connectivity index (χ3n) is 28.6. The van der Waals surface area contributed by atoms with Crippen molar-refractivity contribution in [1.82, 2.24) is 24.1 Å². The number of hydrogen-bond donors (Lipinski definition) is 0. The average molecular weight is 1680 g/mol. The number of hydrogen-bond acceptors (Lipinski definition) is 3. The second kappa shape index (κ2) is 29.7. The second-order valence-electron chi connectivity index (χ2n) is 35.4. The number of fused-ring (bicyclic) bond motifs is 30. The predicted molar refractivity (Wildman–Crippen MR) is 546 cm³/mol. The lowest BCUT2D eigenvalue weighted by Gasteiger charge is -2.31. The highest BCUT2D eigenvalue weighted by atomic mass is 15.0. The zero-order chi connectivity index (χ0) is 86.7. The van der Waals surface area contributed by atoms with Crippen LogP contribution >= 0.6 is 0 Å². The van der Waals surface area contributed by atoms with Crippen molar-refractivity contribution in [1.29, 1.82) is 0 Å². The fourth-order valence-electron chi connectivity index (χ4n) is 23.1. The molecule has 4 aliphatic rings. The number of nitrogens with zero attached hydrogens (tertiary/aromatic N) is 5. The first-order valence-corrected chi connectivity index (χ1v) is 45.6. The molecule has 132 heavy (non-hydrogen) atoms. The summed E-state index contributed by atoms with van der Waals surface area (Å²) in [6.45, 7) is 0. The van der Waals surface area contributed by atoms with Gasteiger partial charge in [0.1, 0.15) is 0 Å². The van der Waals surface area contributed by atoms with Gasteiger partial charge in [0.05, 0.1) is 55.7 Å². The smallest absolute Gasteiger partial charge is 0.160 e. The maximum Gasteiger partial charge on any atom is 0.160 e. The summed E-state index contributed by atoms with van der Waals surface area (Å²) < 4.78 is 4.74. The summed E-state index contributed by atoms with van der Waals surface area (Å²) in [6, 6.07) is 175. The normalized spacial score (nSPS) is 13.0. The topological polar surface area (TPSA) is 48.5 Å². The Bertz CT molecular complexity index is 8180. The molecule has 5 heteroatoms. The first kappa shape index (κ1) is 74.9. The zero-order valence-electron chi connectivity index (χ0n) is 71.8. The SMILES string of the molecule is c1ccc(-c2cc(-c3ccc(-c4cc5ccccc5c5c4-c4ccccc4C54c5ccccc5-c5ccccc54)cc3)cc(-c3cccc(-n4c5ccccc5c5ccccc54)c3)n2)cc1.c1ccc(-c2cc(-c3cccc(-n4c5ccccc5c5ccccc54)c3)nc(-c3ccc(-c4cc5ccccc5c5c4-c4ccccc4C54c5ccccc5-c5ccccc54)cc3)n2)cc1. The van der Waals surface area contributed by atoms with Crippen LogP contribution in [0.1, 0.15) is 44.5 Å². The van der Waals surface area contributed by atoms with E-state index in [1.807, 2.05) is 0 Å². The van der Waals surface area contributed by atoms with Crippen LogP contribution in [0.4, 0.5) is 0 Å². The van der Waals surface area contributed by atoms with Gasteiger partial charge in [-0.15, -0.1) is 0 Å². The Hall–Kier alpha value is -17.3. The van der Waals surface area contributed by atoms with Crippen LogP contribution in [0.25, 0.3) is 211 Å². The number of pyridine rings is 1. The lowest BCUT2D eigenvalue weighted by Crippen LogP contribution is -2.26. The molecule has 0 bridgehead atoms. The molecule has 0 fully saturated rings. The Labute approximate surface area is 764 Å². The minimum atomic E-state index is -0.449. The maximum atomic E-state index is 5.36. The molecular weight excluding hydrogens is 1600 g/mol. The lowest BCUT2D eigenvalue weighted by atomic mass is 9.69. The molecule has 28 rings (SSSR count). The molecule has 0 saturated carbocycles. The van der Waals surface area contributed by atoms with E-state index >= 15 is 0 Å². The van der Waals surface area contributed by atoms with Gasteiger partial charge in [0.15, 0.2) is 5.82 Å². The van der Waals surface area contributed by atoms with E-state index in [-0.39, 0.29) is 0 Å². The van der Waals surface area contributed by atoms with Gasteiger partial charge in [0, 0.05) is 60.7 Å². The average Bonchev–Trinajstić information content (AvgIpc) is 1.50. The molecule has 0 amide bonds. The van der Waals surface area contributed by atoms with Gasteiger partial charge >= 0.3 is 0 Å². The van der Waals surface area contributed by atoms with E-state index in [1.165, 1.54) is 171 Å². The fourth-order valence-corrected chi connectivity index (χ4v) is 23.1. The van der Waals surface area contributed by atoms with Crippen molar-refractivity contribution in [2.75, 3.05) is 0 Å². The molecule has 20 aromatic carbocycles. The molecule has 5 nitrogen and oxygen atoms in total. The van der Waals surface area contributed by atoms with E-state index in [0.717, 1.165) is 78.7 Å². The summed E-state index contributed by atoms with van der Waals surface area (Å²) in [6.07, 6.45) is 0. The first-order chi connectivity index (χ1) is 65.5. The van der Waals surface area contributed by atoms with E-state index in [0.29, 0.717) is 5.82 Å². The standard InChI is InChI=1S/C64H40N2.C63H39N3/c1-2-17-43(18-3-1)58-39-46(40-59(65-58)45-20-16-21-47(37-45)66-60-31-14-9-25-51(60)52-26-10-15-32-61(52)66)41-33-35-42(36-34-41)54-38-44-19-4-5-22-48(44)63-62(54)53-27-8-13-30-57(53)64(63)55-28-11-6-23-49(55)50-24-7-12-29-56(50)64;1-2-17-41(18-3-1)56-39-57(44-20-16-21-45(37-44)66-58-31-14-9-25-49(58)50-26-10-15-32-59(50)66)65-62(64-56)42-35-33-40(34-36-42)52-38-43-19-4-5-22-46(43)61-60(52)51-27-8-13-30-55(51)63(61)53-28-11-6-23-47(53)48-24-7-12-29-54(48)63/h1-40H;1-39H. The summed E-state index contributed by atoms with van der Waals surface area (Å²) in [7, 11) is 0. The second-order valence-corrected chi connectivity index (χ2v) is 35.4. The molecule has 4 aliphatic carbocycles. The van der Waals surface area contributed by atoms with Gasteiger partial charge in [-0.25, -0.2) is 15.0 Å². The van der Waals surface area contributed by atoms with E-state index < -0.39 is 10.8 Å². The summed E-state index contributed by atoms with van der Waals surface area (Å²) in [5.41, 5.74) is 43.3. The number of rotatable bonds is 10. The van der Waals surface area contributed by atoms with Crippen molar-refractivity contribution in [3.05, 3.63) is 524 Å². The van der Waals surface area contributed by atoms with Crippen LogP contribution in [0.2, 0.25) is 0 Å². The van der Waals surface area contributed by atoms with Gasteiger partial charge in [0.25, 0.3) is 0 Å². The number of aromatic nitrogens is 5. The molecular formula is C127H79N5. The molecule has 4 aromatic heterocycles. The van der Waals surface area contributed by atoms with Crippen molar-refractivity contribution in [3.8, 4) is 146 Å². The van der Waals surface area contributed by atoms with Crippen LogP contribution in [-0.2, 0) is 10.8 Å². The third-order valence-corrected chi connectivity index (χ3v) is 28.6. The van der Waals surface area contributed by atoms with Crippen LogP contribution in [0.3, 0.4) is 0 Å². The van der Waals surface area contributed by atoms with Crippen LogP contribution < -0.4 is 0 Å². The van der Waals surface area contributed by atoms with Gasteiger partial charge in [-0.2, -0.15) is 0 Å². The molecule has 0 unspecified atom stereocenters. The molecule has 0 saturated heterocycles. The molecule has 2 spiro atoms. The predicted octanol–water partition coefficient (Wildman–Crippen LogP) is 32.1. The highest BCUT2D eigenvalue weighted by Gasteiger charge is 2.55. The van der Waals surface area contributed by atoms with Crippen LogP contribution in [0.15, 0.2) is 479 Å². The van der Waals surface area contributed by atoms with Crippen molar-refractivity contribution in [2.45, 2.75) is 10.8 Å². The highest BCUT2D eigenvalue weighted by Crippen LogP contribution is 2.68. The first-order valence-electron chi connectivity index (χ1n) is 45.6. The Morgan fingerprint density at radius 2 is 0.455 bits per heavy atom. The van der Waals surface area contributed by atoms with Crippen molar-refractivity contribution in [3.63, 3.8) is 0 Å². The molecule has 612 valence electrons. The molecule has 24 aromatic rings. The van der Waals surface area contributed by atoms with Gasteiger partial charge in [-0.3, -0.25) is 0 Å². The Morgan fingerprint density at radius 1 is 0.167 bits per heavy atom. The van der Waals surface area contributed by atoms with Gasteiger partial charge < -0.3 is 9.13 Å². The molecule has 0 atom stereocenters. The van der Waals surface area contributed by atoms with Gasteiger partial charge in [-0.1, -0.05) is 400 Å². The fraction of sp³-hybridized carbons (Fsp3) is 0.0157. The van der Waals surface area contributed by atoms with Crippen molar-refractivity contribution < 1.29 is 0 Å². The van der Waals surface area contributed by atoms with E-state index in [4.69, 9.17) is 15.0 Å². The maximum absolute atomic E-state index is 5.36. The van der Waals surface area contributed by atoms with E-state index in [2.05, 4.69) is 488 Å². The summed E-state index contributed by atoms with van der Waals surface area (Å²) in [5.74, 6) is 0.687. The monoisotopic (exact) mass is 1670 g/mol. The lowest BCUT2D eigenvalue weighted by molar-refractivity contribution is 0.801. The molecule has 0 radical (unpaired) electrons. The van der Waals surface area contributed by atoms with E-state index in [1.54, 1.807) is 0 Å². The highest BCUT2D eigenvalue weighted by molar-refractivity contribution is 6.14. The molecule has 0 N–H and O–H groups in total. The van der Waals surface area contributed by atoms with Crippen LogP contribution in [0.5, 0.6) is 0 Å². The van der Waals surface area contributed by atoms with Gasteiger partial charge in [0.2, 0.25) is 0 Å². The van der Waals surface area contributed by atoms with Crippen LogP contribution in [0, 0.1) is 0 Å². The minimum Gasteiger partial charge on any atom is -0.309 e. The summed E-state index contributed by atoms with van der Waals surface area (Å²) in [5, 5.41) is 10.1. The van der Waals surface area contributed by atoms with E-state index in [9.17, 15) is 0 Å². The quantitative estimate of drug-likeness (QED) is 0.137. The number of para-hydroxylation sites is 4. The largest absolute Gasteiger partial charge is 0.309 e. The minimum absolute atomic E-state index is 0.436. The van der Waals surface area contributed by atoms with Gasteiger partial charge in [-0.05, 0) is 223 Å². The summed E-state index contributed by atoms with van der Waals surface area (Å²) >= 11 is 0. The molecule has 0 aliphatic heterocycles. The Balaban J connectivity index is 0.000000135.